The Balaban J connectivity index is 1.53. The smallest absolute Gasteiger partial charge is 0.387 e. The van der Waals surface area contributed by atoms with Crippen LogP contribution >= 0.6 is 0 Å². The number of aryl methyl sites for hydroxylation is 1. The van der Waals surface area contributed by atoms with Crippen molar-refractivity contribution in [2.45, 2.75) is 39.0 Å². The summed E-state index contributed by atoms with van der Waals surface area (Å²) in [5, 5.41) is 4.28. The summed E-state index contributed by atoms with van der Waals surface area (Å²) in [6, 6.07) is 14.2. The minimum Gasteiger partial charge on any atom is -0.493 e. The molecule has 0 N–H and O–H groups in total. The number of hydrogen-bond acceptors (Lipinski definition) is 4. The zero-order valence-electron chi connectivity index (χ0n) is 17.3. The van der Waals surface area contributed by atoms with E-state index in [0.717, 1.165) is 29.8 Å². The lowest BCUT2D eigenvalue weighted by Crippen LogP contribution is -2.32. The van der Waals surface area contributed by atoms with E-state index in [-0.39, 0.29) is 23.4 Å². The van der Waals surface area contributed by atoms with Gasteiger partial charge in [0.2, 0.25) is 0 Å². The number of benzene rings is 2. The van der Waals surface area contributed by atoms with Crippen LogP contribution in [0.1, 0.15) is 34.5 Å². The zero-order valence-corrected chi connectivity index (χ0v) is 17.3. The van der Waals surface area contributed by atoms with E-state index >= 15 is 0 Å². The number of nitrogens with zero attached hydrogens (tertiary/aromatic N) is 3. The lowest BCUT2D eigenvalue weighted by molar-refractivity contribution is -0.0512. The van der Waals surface area contributed by atoms with E-state index in [1.807, 2.05) is 34.7 Å². The lowest BCUT2D eigenvalue weighted by Gasteiger charge is -2.23. The number of amides is 1. The normalized spacial score (nSPS) is 13.3. The van der Waals surface area contributed by atoms with Crippen molar-refractivity contribution in [3.63, 3.8) is 0 Å². The third-order valence-electron chi connectivity index (χ3n) is 5.24. The second-order valence-corrected chi connectivity index (χ2v) is 7.46. The number of carbonyl (C=O) groups is 1. The van der Waals surface area contributed by atoms with Gasteiger partial charge in [-0.2, -0.15) is 13.9 Å². The highest BCUT2D eigenvalue weighted by atomic mass is 19.3. The molecule has 4 rings (SSSR count). The van der Waals surface area contributed by atoms with Crippen molar-refractivity contribution in [3.05, 3.63) is 71.5 Å². The number of carbonyl (C=O) groups excluding carboxylic acids is 1. The highest BCUT2D eigenvalue weighted by molar-refractivity contribution is 5.94. The van der Waals surface area contributed by atoms with Crippen LogP contribution in [0.3, 0.4) is 0 Å². The number of ether oxygens (including phenoxy) is 2. The third-order valence-corrected chi connectivity index (χ3v) is 5.24. The molecule has 8 heteroatoms. The highest BCUT2D eigenvalue weighted by Crippen LogP contribution is 2.33. The molecular formula is C23H23F2N3O3. The second-order valence-electron chi connectivity index (χ2n) is 7.46. The second kappa shape index (κ2) is 8.75. The van der Waals surface area contributed by atoms with Crippen molar-refractivity contribution < 1.29 is 23.0 Å². The number of aromatic nitrogens is 2. The van der Waals surface area contributed by atoms with E-state index in [9.17, 15) is 13.6 Å². The summed E-state index contributed by atoms with van der Waals surface area (Å²) in [7, 11) is 1.39. The molecule has 1 amide bonds. The van der Waals surface area contributed by atoms with Crippen molar-refractivity contribution >= 4 is 5.91 Å². The summed E-state index contributed by atoms with van der Waals surface area (Å²) in [5.74, 6) is 0.105. The van der Waals surface area contributed by atoms with Gasteiger partial charge in [-0.05, 0) is 67.8 Å². The largest absolute Gasteiger partial charge is 0.493 e. The molecule has 1 saturated carbocycles. The molecule has 0 saturated heterocycles. The molecule has 0 radical (unpaired) electrons. The molecule has 1 fully saturated rings. The van der Waals surface area contributed by atoms with Crippen molar-refractivity contribution in [2.75, 3.05) is 7.11 Å². The third kappa shape index (κ3) is 4.68. The maximum absolute atomic E-state index is 13.2. The summed E-state index contributed by atoms with van der Waals surface area (Å²) in [6.07, 6.45) is 3.62. The first-order chi connectivity index (χ1) is 15.0. The Bertz CT molecular complexity index is 1060. The molecule has 0 unspecified atom stereocenters. The molecule has 2 aromatic carbocycles. The first-order valence-corrected chi connectivity index (χ1v) is 10.00. The lowest BCUT2D eigenvalue weighted by atomic mass is 10.1. The van der Waals surface area contributed by atoms with E-state index in [1.165, 1.54) is 13.2 Å². The molecule has 1 heterocycles. The number of methoxy groups -OCH3 is 1. The van der Waals surface area contributed by atoms with Gasteiger partial charge in [0.05, 0.1) is 12.8 Å². The van der Waals surface area contributed by atoms with Crippen molar-refractivity contribution in [2.24, 2.45) is 0 Å². The molecule has 0 bridgehead atoms. The molecule has 31 heavy (non-hydrogen) atoms. The maximum Gasteiger partial charge on any atom is 0.387 e. The fourth-order valence-corrected chi connectivity index (χ4v) is 3.50. The fraction of sp³-hybridized carbons (Fsp3) is 0.304. The van der Waals surface area contributed by atoms with Crippen LogP contribution in [0.2, 0.25) is 0 Å². The van der Waals surface area contributed by atoms with Gasteiger partial charge in [-0.25, -0.2) is 4.68 Å². The van der Waals surface area contributed by atoms with Crippen LogP contribution in [-0.4, -0.2) is 40.4 Å². The Hall–Kier alpha value is -3.42. The average molecular weight is 427 g/mol. The fourth-order valence-electron chi connectivity index (χ4n) is 3.50. The molecule has 0 spiro atoms. The minimum absolute atomic E-state index is 0.0324. The Morgan fingerprint density at radius 2 is 1.90 bits per heavy atom. The standard InChI is InChI=1S/C23H23F2N3O3/c1-15-11-12-26-28(15)19-6-4-17(5-7-19)22(29)27(18-8-9-18)14-16-3-10-20(31-23(24)25)21(13-16)30-2/h3-7,10-13,18,23H,8-9,14H2,1-2H3. The first kappa shape index (κ1) is 20.8. The van der Waals surface area contributed by atoms with Gasteiger partial charge >= 0.3 is 6.61 Å². The molecule has 0 atom stereocenters. The summed E-state index contributed by atoms with van der Waals surface area (Å²) >= 11 is 0. The number of rotatable bonds is 8. The van der Waals surface area contributed by atoms with Crippen LogP contribution in [-0.2, 0) is 6.54 Å². The number of alkyl halides is 2. The Labute approximate surface area is 179 Å². The van der Waals surface area contributed by atoms with E-state index in [4.69, 9.17) is 4.74 Å². The Morgan fingerprint density at radius 3 is 2.48 bits per heavy atom. The summed E-state index contributed by atoms with van der Waals surface area (Å²) in [4.78, 5) is 15.0. The van der Waals surface area contributed by atoms with E-state index in [1.54, 1.807) is 30.5 Å². The molecule has 6 nitrogen and oxygen atoms in total. The van der Waals surface area contributed by atoms with Crippen molar-refractivity contribution in [1.82, 2.24) is 14.7 Å². The van der Waals surface area contributed by atoms with Gasteiger partial charge in [-0.3, -0.25) is 4.79 Å². The van der Waals surface area contributed by atoms with E-state index in [2.05, 4.69) is 9.84 Å². The van der Waals surface area contributed by atoms with Crippen LogP contribution in [0.15, 0.2) is 54.7 Å². The van der Waals surface area contributed by atoms with Crippen LogP contribution in [0, 0.1) is 6.92 Å². The van der Waals surface area contributed by atoms with Gasteiger partial charge in [0, 0.05) is 30.0 Å². The average Bonchev–Trinajstić information content (AvgIpc) is 3.52. The van der Waals surface area contributed by atoms with E-state index in [0.29, 0.717) is 12.1 Å². The van der Waals surface area contributed by atoms with Gasteiger partial charge in [-0.15, -0.1) is 0 Å². The van der Waals surface area contributed by atoms with Crippen LogP contribution < -0.4 is 9.47 Å². The summed E-state index contributed by atoms with van der Waals surface area (Å²) < 4.78 is 36.6. The summed E-state index contributed by atoms with van der Waals surface area (Å²) in [5.41, 5.74) is 3.26. The van der Waals surface area contributed by atoms with Crippen molar-refractivity contribution in [1.29, 1.82) is 0 Å². The van der Waals surface area contributed by atoms with Crippen molar-refractivity contribution in [3.8, 4) is 17.2 Å². The molecule has 162 valence electrons. The monoisotopic (exact) mass is 427 g/mol. The zero-order chi connectivity index (χ0) is 22.0. The minimum atomic E-state index is -2.93. The summed E-state index contributed by atoms with van der Waals surface area (Å²) in [6.45, 7) is -0.612. The van der Waals surface area contributed by atoms with Crippen LogP contribution in [0.4, 0.5) is 8.78 Å². The Kier molecular flexibility index (Phi) is 5.88. The molecule has 1 aliphatic carbocycles. The molecular weight excluding hydrogens is 404 g/mol. The van der Waals surface area contributed by atoms with Gasteiger partial charge in [0.15, 0.2) is 11.5 Å². The predicted octanol–water partition coefficient (Wildman–Crippen LogP) is 4.60. The molecule has 3 aromatic rings. The topological polar surface area (TPSA) is 56.6 Å². The van der Waals surface area contributed by atoms with Gasteiger partial charge < -0.3 is 14.4 Å². The predicted molar refractivity (Wildman–Crippen MR) is 111 cm³/mol. The van der Waals surface area contributed by atoms with Gasteiger partial charge in [0.25, 0.3) is 5.91 Å². The molecule has 1 aromatic heterocycles. The maximum atomic E-state index is 13.2. The quantitative estimate of drug-likeness (QED) is 0.527. The van der Waals surface area contributed by atoms with Crippen LogP contribution in [0.5, 0.6) is 11.5 Å². The highest BCUT2D eigenvalue weighted by Gasteiger charge is 2.33. The molecule has 0 aliphatic heterocycles. The van der Waals surface area contributed by atoms with Crippen LogP contribution in [0.25, 0.3) is 5.69 Å². The van der Waals surface area contributed by atoms with Gasteiger partial charge in [-0.1, -0.05) is 6.07 Å². The first-order valence-electron chi connectivity index (χ1n) is 10.00. The Morgan fingerprint density at radius 1 is 1.16 bits per heavy atom. The van der Waals surface area contributed by atoms with E-state index < -0.39 is 6.61 Å². The number of hydrogen-bond donors (Lipinski definition) is 0. The van der Waals surface area contributed by atoms with Gasteiger partial charge in [0.1, 0.15) is 0 Å². The molecule has 1 aliphatic rings. The SMILES string of the molecule is COc1cc(CN(C(=O)c2ccc(-n3nccc3C)cc2)C2CC2)ccc1OC(F)F. The number of halogens is 2.